The lowest BCUT2D eigenvalue weighted by atomic mass is 10.1. The van der Waals surface area contributed by atoms with Crippen LogP contribution in [0.15, 0.2) is 66.9 Å². The van der Waals surface area contributed by atoms with Crippen molar-refractivity contribution >= 4 is 28.5 Å². The van der Waals surface area contributed by atoms with E-state index in [0.29, 0.717) is 40.5 Å². The minimum absolute atomic E-state index is 0.0800. The van der Waals surface area contributed by atoms with E-state index in [1.807, 2.05) is 18.2 Å². The number of aromatic nitrogens is 1. The summed E-state index contributed by atoms with van der Waals surface area (Å²) in [4.78, 5) is 35.2. The van der Waals surface area contributed by atoms with Gasteiger partial charge in [-0.2, -0.15) is 0 Å². The lowest BCUT2D eigenvalue weighted by Gasteiger charge is -2.26. The molecule has 11 nitrogen and oxygen atoms in total. The molecule has 3 aromatic carbocycles. The summed E-state index contributed by atoms with van der Waals surface area (Å²) in [5.41, 5.74) is 1.45. The van der Waals surface area contributed by atoms with Crippen molar-refractivity contribution in [1.82, 2.24) is 14.8 Å². The molecule has 0 saturated carbocycles. The number of benzene rings is 3. The van der Waals surface area contributed by atoms with Crippen LogP contribution < -0.4 is 23.8 Å². The summed E-state index contributed by atoms with van der Waals surface area (Å²) >= 11 is 0. The number of methoxy groups -OCH3 is 2. The topological polar surface area (TPSA) is 103 Å². The molecule has 0 atom stereocenters. The molecule has 2 saturated heterocycles. The van der Waals surface area contributed by atoms with E-state index in [2.05, 4.69) is 9.88 Å². The molecule has 6 rings (SSSR count). The number of anilines is 1. The van der Waals surface area contributed by atoms with Gasteiger partial charge in [0, 0.05) is 48.9 Å². The van der Waals surface area contributed by atoms with E-state index < -0.39 is 17.8 Å². The molecule has 12 heteroatoms. The van der Waals surface area contributed by atoms with E-state index in [-0.39, 0.29) is 24.5 Å². The Bertz CT molecular complexity index is 1730. The molecule has 3 heterocycles. The van der Waals surface area contributed by atoms with E-state index in [4.69, 9.17) is 23.7 Å². The van der Waals surface area contributed by atoms with Gasteiger partial charge in [-0.3, -0.25) is 14.7 Å². The second-order valence-corrected chi connectivity index (χ2v) is 10.9. The molecule has 240 valence electrons. The van der Waals surface area contributed by atoms with Gasteiger partial charge < -0.3 is 28.6 Å². The molecule has 4 aromatic rings. The number of imide groups is 1. The highest BCUT2D eigenvalue weighted by molar-refractivity contribution is 6.19. The molecule has 3 amide bonds. The Balaban J connectivity index is 1.15. The van der Waals surface area contributed by atoms with Crippen LogP contribution in [0.5, 0.6) is 28.7 Å². The van der Waals surface area contributed by atoms with Crippen LogP contribution in [-0.4, -0.2) is 86.9 Å². The summed E-state index contributed by atoms with van der Waals surface area (Å²) in [5.74, 6) is 0.734. The number of amides is 3. The molecule has 0 unspecified atom stereocenters. The number of nitrogens with zero attached hydrogens (tertiary/aromatic N) is 4. The fourth-order valence-electron chi connectivity index (χ4n) is 5.58. The van der Waals surface area contributed by atoms with Gasteiger partial charge in [0.1, 0.15) is 18.0 Å². The van der Waals surface area contributed by atoms with Crippen molar-refractivity contribution in [3.8, 4) is 28.7 Å². The number of carbonyl (C=O) groups is 2. The summed E-state index contributed by atoms with van der Waals surface area (Å²) in [5, 5.41) is 0.598. The number of hydrogen-bond acceptors (Lipinski definition) is 9. The highest BCUT2D eigenvalue weighted by Crippen LogP contribution is 2.38. The Kier molecular flexibility index (Phi) is 9.46. The van der Waals surface area contributed by atoms with Crippen molar-refractivity contribution < 1.29 is 37.7 Å². The normalized spacial score (nSPS) is 15.5. The van der Waals surface area contributed by atoms with Crippen LogP contribution in [-0.2, 0) is 16.1 Å². The van der Waals surface area contributed by atoms with Crippen molar-refractivity contribution in [3.63, 3.8) is 0 Å². The quantitative estimate of drug-likeness (QED) is 0.153. The third kappa shape index (κ3) is 6.68. The monoisotopic (exact) mass is 630 g/mol. The van der Waals surface area contributed by atoms with Crippen LogP contribution in [0, 0.1) is 5.82 Å². The van der Waals surface area contributed by atoms with E-state index in [1.54, 1.807) is 44.7 Å². The lowest BCUT2D eigenvalue weighted by molar-refractivity contribution is -0.116. The van der Waals surface area contributed by atoms with Crippen LogP contribution in [0.4, 0.5) is 14.9 Å². The molecule has 0 radical (unpaired) electrons. The van der Waals surface area contributed by atoms with Crippen LogP contribution in [0.3, 0.4) is 0 Å². The molecule has 0 N–H and O–H groups in total. The van der Waals surface area contributed by atoms with Crippen molar-refractivity contribution in [2.75, 3.05) is 65.1 Å². The third-order valence-corrected chi connectivity index (χ3v) is 7.95. The van der Waals surface area contributed by atoms with Gasteiger partial charge in [-0.1, -0.05) is 18.2 Å². The first kappa shape index (κ1) is 31.1. The van der Waals surface area contributed by atoms with Gasteiger partial charge in [-0.05, 0) is 36.8 Å². The zero-order valence-corrected chi connectivity index (χ0v) is 25.7. The number of morpholine rings is 1. The number of fused-ring (bicyclic) bond motifs is 1. The van der Waals surface area contributed by atoms with Crippen molar-refractivity contribution in [3.05, 3.63) is 78.2 Å². The molecule has 46 heavy (non-hydrogen) atoms. The summed E-state index contributed by atoms with van der Waals surface area (Å²) < 4.78 is 43.8. The highest BCUT2D eigenvalue weighted by atomic mass is 19.1. The Morgan fingerprint density at radius 2 is 1.70 bits per heavy atom. The van der Waals surface area contributed by atoms with Crippen LogP contribution in [0.2, 0.25) is 0 Å². The third-order valence-electron chi connectivity index (χ3n) is 7.95. The maximum absolute atomic E-state index is 15.4. The largest absolute Gasteiger partial charge is 0.496 e. The molecule has 2 aliphatic heterocycles. The second-order valence-electron chi connectivity index (χ2n) is 10.9. The first-order chi connectivity index (χ1) is 22.4. The van der Waals surface area contributed by atoms with Gasteiger partial charge in [-0.25, -0.2) is 14.1 Å². The first-order valence-corrected chi connectivity index (χ1v) is 15.1. The molecule has 1 aromatic heterocycles. The number of rotatable bonds is 12. The predicted molar refractivity (Wildman–Crippen MR) is 168 cm³/mol. The Morgan fingerprint density at radius 3 is 2.48 bits per heavy atom. The van der Waals surface area contributed by atoms with Crippen molar-refractivity contribution in [1.29, 1.82) is 0 Å². The number of halogens is 1. The number of hydrogen-bond donors (Lipinski definition) is 0. The molecule has 2 fully saturated rings. The number of para-hydroxylation sites is 1. The van der Waals surface area contributed by atoms with Crippen molar-refractivity contribution in [2.24, 2.45) is 0 Å². The Labute approximate surface area is 266 Å². The van der Waals surface area contributed by atoms with Gasteiger partial charge in [-0.15, -0.1) is 0 Å². The highest BCUT2D eigenvalue weighted by Gasteiger charge is 2.37. The molecular weight excluding hydrogens is 595 g/mol. The van der Waals surface area contributed by atoms with Gasteiger partial charge in [0.25, 0.3) is 5.91 Å². The molecule has 2 aliphatic rings. The maximum Gasteiger partial charge on any atom is 0.332 e. The van der Waals surface area contributed by atoms with E-state index in [9.17, 15) is 9.59 Å². The van der Waals surface area contributed by atoms with Crippen molar-refractivity contribution in [2.45, 2.75) is 13.0 Å². The van der Waals surface area contributed by atoms with Gasteiger partial charge in [0.15, 0.2) is 23.1 Å². The van der Waals surface area contributed by atoms with Gasteiger partial charge in [0.2, 0.25) is 0 Å². The lowest BCUT2D eigenvalue weighted by Crippen LogP contribution is -2.37. The van der Waals surface area contributed by atoms with E-state index in [1.165, 1.54) is 17.0 Å². The van der Waals surface area contributed by atoms with Crippen LogP contribution in [0.1, 0.15) is 12.0 Å². The van der Waals surface area contributed by atoms with Gasteiger partial charge in [0.05, 0.1) is 51.8 Å². The predicted octanol–water partition coefficient (Wildman–Crippen LogP) is 5.25. The Morgan fingerprint density at radius 1 is 0.891 bits per heavy atom. The van der Waals surface area contributed by atoms with Crippen LogP contribution in [0.25, 0.3) is 10.9 Å². The SMILES string of the molecule is COc1ccccc1CN1CC(=O)N(c2ccc(Oc3ccnc4cc(OCCCN5CCOCC5)c(OC)cc34)c(F)c2)C1=O. The Hall–Kier alpha value is -4.94. The zero-order valence-electron chi connectivity index (χ0n) is 25.7. The summed E-state index contributed by atoms with van der Waals surface area (Å²) in [6, 6.07) is 15.9. The first-order valence-electron chi connectivity index (χ1n) is 15.1. The maximum atomic E-state index is 15.4. The van der Waals surface area contributed by atoms with E-state index in [0.717, 1.165) is 55.8 Å². The summed E-state index contributed by atoms with van der Waals surface area (Å²) in [6.45, 7) is 4.82. The molecule has 0 aliphatic carbocycles. The average Bonchev–Trinajstić information content (AvgIpc) is 3.36. The number of carbonyl (C=O) groups excluding carboxylic acids is 2. The zero-order chi connectivity index (χ0) is 32.0. The fraction of sp³-hybridized carbons (Fsp3) is 0.324. The standard InChI is InChI=1S/C34H35FN4O7/c1-42-28-7-4-3-6-23(28)21-38-22-33(40)39(34(38)41)24-8-9-30(26(35)18-24)46-29-10-11-36-27-20-32(31(43-2)19-25(27)29)45-15-5-12-37-13-16-44-17-14-37/h3-4,6-11,18-20H,5,12-17,21-22H2,1-2H3. The number of ether oxygens (including phenoxy) is 5. The molecule has 0 spiro atoms. The molecular formula is C34H35FN4O7. The van der Waals surface area contributed by atoms with Gasteiger partial charge >= 0.3 is 6.03 Å². The molecule has 0 bridgehead atoms. The van der Waals surface area contributed by atoms with Crippen LogP contribution >= 0.6 is 0 Å². The smallest absolute Gasteiger partial charge is 0.332 e. The second kappa shape index (κ2) is 14.0. The number of urea groups is 1. The minimum atomic E-state index is -0.738. The fourth-order valence-corrected chi connectivity index (χ4v) is 5.58. The minimum Gasteiger partial charge on any atom is -0.496 e. The number of pyridine rings is 1. The van der Waals surface area contributed by atoms with E-state index >= 15 is 4.39 Å². The summed E-state index contributed by atoms with van der Waals surface area (Å²) in [6.07, 6.45) is 2.41. The summed E-state index contributed by atoms with van der Waals surface area (Å²) in [7, 11) is 3.09. The average molecular weight is 631 g/mol.